The van der Waals surface area contributed by atoms with Crippen molar-refractivity contribution in [2.45, 2.75) is 270 Å². The van der Waals surface area contributed by atoms with Crippen molar-refractivity contribution in [1.29, 1.82) is 0 Å². The second-order valence-electron chi connectivity index (χ2n) is 37.2. The molecule has 3 saturated heterocycles. The summed E-state index contributed by atoms with van der Waals surface area (Å²) in [5, 5.41) is 39.4. The standard InChI is InChI=1S/C104H140N16O20/c1-67(2)59-81-93(125)115-83(61-71-35-15-9-16-36-71)99(131)119-57-33-51-85(119)95(127)109-78(48-28-30-54-106-102(134)138-64-74-41-21-12-22-42-74)92(124)118-88(70(7)8)98(130)112-80(50-32-56-108-104(136)140-66-76-45-25-14-26-46-76)90(122)114-82(60-68(3)4)94(126)116-84(62-72-37-17-10-18-38-72)100(132)120-58-34-52-86(120)96(128)110-77(47-27-29-53-105-101(133)137-63-73-39-19-11-20-40-73)91(123)117-87(69(5)6)97(129)111-79(89(121)113-81)49-31-55-107-103(135)139-65-75-43-23-13-24-44-75/h9-26,35-46,67-70,77-88H,27-34,47-66H2,1-8H3,(H,105,133)(H,106,134)(H,107,135)(H,108,136)(H,109,127)(H,110,128)(H,111,129)(H,112,130)(H,113,121)(H,114,122)(H,115,125)(H,116,126)(H,117,123)(H,118,124)/t77-,78-,79+,80+,81+,82+,83-,84-,85+,86+,87+,88+/m1/s1. The van der Waals surface area contributed by atoms with Gasteiger partial charge in [-0.15, -0.1) is 0 Å². The minimum atomic E-state index is -1.51. The largest absolute Gasteiger partial charge is 0.445 e. The van der Waals surface area contributed by atoms with Gasteiger partial charge in [0.2, 0.25) is 70.9 Å². The van der Waals surface area contributed by atoms with E-state index in [0.717, 1.165) is 22.3 Å². The van der Waals surface area contributed by atoms with Crippen LogP contribution in [0.1, 0.15) is 192 Å². The molecule has 0 saturated carbocycles. The Kier molecular flexibility index (Phi) is 45.5. The summed E-state index contributed by atoms with van der Waals surface area (Å²) in [5.41, 5.74) is 4.13. The number of benzene rings is 6. The lowest BCUT2D eigenvalue weighted by atomic mass is 9.99. The van der Waals surface area contributed by atoms with E-state index in [0.29, 0.717) is 11.1 Å². The van der Waals surface area contributed by atoms with Gasteiger partial charge in [-0.3, -0.25) is 57.5 Å². The van der Waals surface area contributed by atoms with E-state index in [9.17, 15) is 19.2 Å². The van der Waals surface area contributed by atoms with E-state index in [2.05, 4.69) is 74.4 Å². The topological polar surface area (TPSA) is 485 Å². The highest BCUT2D eigenvalue weighted by Gasteiger charge is 2.44. The number of ether oxygens (including phenoxy) is 4. The third-order valence-corrected chi connectivity index (χ3v) is 24.3. The zero-order valence-electron chi connectivity index (χ0n) is 81.4. The molecular formula is C104H140N16O20. The van der Waals surface area contributed by atoms with Crippen molar-refractivity contribution in [3.8, 4) is 0 Å². The highest BCUT2D eigenvalue weighted by Crippen LogP contribution is 2.25. The molecule has 36 nitrogen and oxygen atoms in total. The van der Waals surface area contributed by atoms with E-state index in [1.165, 1.54) is 9.80 Å². The van der Waals surface area contributed by atoms with Gasteiger partial charge in [-0.1, -0.05) is 237 Å². The summed E-state index contributed by atoms with van der Waals surface area (Å²) in [5.74, 6) is -11.9. The van der Waals surface area contributed by atoms with Crippen LogP contribution in [0, 0.1) is 23.7 Å². The molecule has 36 heteroatoms. The number of hydrogen-bond donors (Lipinski definition) is 14. The smallest absolute Gasteiger partial charge is 0.407 e. The SMILES string of the molecule is CC(C)C[C@@H]1NC(=O)[C@H](CCCNC(=O)OCc2ccccc2)NC(=O)[C@H](C(C)C)NC(=O)[C@@H](CCCCNC(=O)OCc2ccccc2)NC(=O)[C@@H]2CCCN2C(=O)[C@@H](Cc2ccccc2)NC(=O)[C@H](CC(C)C)NC(=O)[C@H](CCCNC(=O)OCc2ccccc2)NC(=O)[C@H](C(C)C)NC(=O)[C@@H](CCCCNC(=O)OCc2ccccc2)NC(=O)[C@@H]2CCCN2C(=O)[C@@H](Cc2ccccc2)NC1=O. The van der Waals surface area contributed by atoms with Gasteiger partial charge in [-0.2, -0.15) is 0 Å². The molecule has 12 atom stereocenters. The predicted molar refractivity (Wildman–Crippen MR) is 522 cm³/mol. The maximum atomic E-state index is 15.7. The number of alkyl carbamates (subject to hydrolysis) is 4. The zero-order valence-corrected chi connectivity index (χ0v) is 81.4. The normalized spacial score (nSPS) is 21.5. The van der Waals surface area contributed by atoms with E-state index < -0.39 is 180 Å². The summed E-state index contributed by atoms with van der Waals surface area (Å²) in [4.78, 5) is 240. The average Bonchev–Trinajstić information content (AvgIpc) is 1.69. The summed E-state index contributed by atoms with van der Waals surface area (Å²) in [6, 6.07) is 36.4. The lowest BCUT2D eigenvalue weighted by Crippen LogP contribution is -2.62. The fourth-order valence-corrected chi connectivity index (χ4v) is 16.7. The van der Waals surface area contributed by atoms with Crippen LogP contribution in [0.5, 0.6) is 0 Å². The van der Waals surface area contributed by atoms with Crippen molar-refractivity contribution in [3.63, 3.8) is 0 Å². The molecule has 6 aromatic rings. The van der Waals surface area contributed by atoms with Crippen molar-refractivity contribution in [2.24, 2.45) is 23.7 Å². The maximum absolute atomic E-state index is 15.7. The summed E-state index contributed by atoms with van der Waals surface area (Å²) < 4.78 is 21.8. The van der Waals surface area contributed by atoms with Gasteiger partial charge < -0.3 is 103 Å². The summed E-state index contributed by atoms with van der Waals surface area (Å²) in [7, 11) is 0. The van der Waals surface area contributed by atoms with E-state index in [1.54, 1.807) is 213 Å². The quantitative estimate of drug-likeness (QED) is 0.0130. The number of nitrogens with zero attached hydrogens (tertiary/aromatic N) is 2. The monoisotopic (exact) mass is 1930 g/mol. The number of carbonyl (C=O) groups is 16. The Morgan fingerprint density at radius 2 is 0.521 bits per heavy atom. The molecule has 3 aliphatic rings. The first-order valence-electron chi connectivity index (χ1n) is 48.9. The Bertz CT molecular complexity index is 4700. The molecule has 140 heavy (non-hydrogen) atoms. The molecule has 0 spiro atoms. The summed E-state index contributed by atoms with van der Waals surface area (Å²) in [6.07, 6.45) is -2.26. The number of rotatable bonds is 36. The maximum Gasteiger partial charge on any atom is 0.407 e. The third-order valence-electron chi connectivity index (χ3n) is 24.3. The number of hydrogen-bond acceptors (Lipinski definition) is 20. The Morgan fingerprint density at radius 1 is 0.286 bits per heavy atom. The minimum Gasteiger partial charge on any atom is -0.445 e. The van der Waals surface area contributed by atoms with Crippen molar-refractivity contribution in [3.05, 3.63) is 215 Å². The van der Waals surface area contributed by atoms with Gasteiger partial charge >= 0.3 is 24.4 Å². The van der Waals surface area contributed by atoms with Crippen LogP contribution in [0.15, 0.2) is 182 Å². The molecule has 0 aromatic heterocycles. The van der Waals surface area contributed by atoms with Crippen molar-refractivity contribution < 1.29 is 95.7 Å². The first-order chi connectivity index (χ1) is 67.4. The fourth-order valence-electron chi connectivity index (χ4n) is 16.7. The van der Waals surface area contributed by atoms with Crippen molar-refractivity contribution >= 4 is 95.3 Å². The van der Waals surface area contributed by atoms with Gasteiger partial charge in [0.25, 0.3) is 0 Å². The summed E-state index contributed by atoms with van der Waals surface area (Å²) in [6.45, 7) is 13.6. The number of fused-ring (bicyclic) bond motifs is 2. The van der Waals surface area contributed by atoms with Gasteiger partial charge in [0.05, 0.1) is 0 Å². The zero-order chi connectivity index (χ0) is 101. The molecule has 3 aliphatic heterocycles. The van der Waals surface area contributed by atoms with Crippen LogP contribution in [-0.2, 0) is 116 Å². The van der Waals surface area contributed by atoms with Crippen LogP contribution in [0.3, 0.4) is 0 Å². The number of unbranched alkanes of at least 4 members (excludes halogenated alkanes) is 2. The molecule has 14 N–H and O–H groups in total. The van der Waals surface area contributed by atoms with Crippen LogP contribution in [0.2, 0.25) is 0 Å². The van der Waals surface area contributed by atoms with E-state index >= 15 is 57.5 Å². The molecule has 756 valence electrons. The highest BCUT2D eigenvalue weighted by molar-refractivity contribution is 6.01. The predicted octanol–water partition coefficient (Wildman–Crippen LogP) is 8.33. The first-order valence-corrected chi connectivity index (χ1v) is 48.9. The number of carbonyl (C=O) groups excluding carboxylic acids is 16. The third kappa shape index (κ3) is 37.4. The van der Waals surface area contributed by atoms with Crippen LogP contribution < -0.4 is 74.4 Å². The van der Waals surface area contributed by atoms with Crippen LogP contribution in [-0.4, -0.2) is 217 Å². The Balaban J connectivity index is 1.08. The second kappa shape index (κ2) is 58.1. The fraction of sp³-hybridized carbons (Fsp3) is 0.500. The van der Waals surface area contributed by atoms with Crippen molar-refractivity contribution in [1.82, 2.24) is 84.2 Å². The van der Waals surface area contributed by atoms with E-state index in [-0.39, 0.29) is 193 Å². The molecule has 0 aliphatic carbocycles. The van der Waals surface area contributed by atoms with Crippen LogP contribution in [0.4, 0.5) is 19.2 Å². The minimum absolute atomic E-state index is 0.00380. The number of nitrogens with one attached hydrogen (secondary N) is 14. The summed E-state index contributed by atoms with van der Waals surface area (Å²) >= 11 is 0. The lowest BCUT2D eigenvalue weighted by Gasteiger charge is -2.32. The van der Waals surface area contributed by atoms with Gasteiger partial charge in [-0.05, 0) is 160 Å². The highest BCUT2D eigenvalue weighted by atomic mass is 16.6. The molecule has 6 aromatic carbocycles. The Labute approximate surface area is 819 Å². The van der Waals surface area contributed by atoms with E-state index in [4.69, 9.17) is 18.9 Å². The van der Waals surface area contributed by atoms with Gasteiger partial charge in [0.15, 0.2) is 0 Å². The van der Waals surface area contributed by atoms with Gasteiger partial charge in [0.1, 0.15) is 98.9 Å². The van der Waals surface area contributed by atoms with E-state index in [1.807, 2.05) is 24.3 Å². The average molecular weight is 1930 g/mol. The van der Waals surface area contributed by atoms with Crippen LogP contribution in [0.25, 0.3) is 0 Å². The molecule has 0 unspecified atom stereocenters. The lowest BCUT2D eigenvalue weighted by molar-refractivity contribution is -0.143. The molecule has 9 rings (SSSR count). The van der Waals surface area contributed by atoms with Crippen LogP contribution >= 0.6 is 0 Å². The first kappa shape index (κ1) is 110. The van der Waals surface area contributed by atoms with Gasteiger partial charge in [-0.25, -0.2) is 19.2 Å². The molecule has 0 bridgehead atoms. The molecule has 0 radical (unpaired) electrons. The Hall–Kier alpha value is -14.0. The molecule has 3 heterocycles. The Morgan fingerprint density at radius 3 is 0.800 bits per heavy atom. The second-order valence-corrected chi connectivity index (χ2v) is 37.2. The van der Waals surface area contributed by atoms with Crippen molar-refractivity contribution in [2.75, 3.05) is 39.3 Å². The molecule has 3 fully saturated rings. The molecular weight excluding hydrogens is 1790 g/mol. The molecule has 16 amide bonds. The number of amides is 16. The van der Waals surface area contributed by atoms with Gasteiger partial charge in [0, 0.05) is 52.1 Å².